The van der Waals surface area contributed by atoms with Crippen LogP contribution in [0.1, 0.15) is 245 Å². The van der Waals surface area contributed by atoms with E-state index in [2.05, 4.69) is 38.2 Å². The van der Waals surface area contributed by atoms with Gasteiger partial charge in [0.2, 0.25) is 0 Å². The van der Waals surface area contributed by atoms with E-state index < -0.39 is 26.5 Å². The Kier molecular flexibility index (Phi) is 43.6. The highest BCUT2D eigenvalue weighted by Crippen LogP contribution is 2.43. The van der Waals surface area contributed by atoms with Crippen LogP contribution in [-0.4, -0.2) is 74.9 Å². The number of phosphoric acid groups is 1. The van der Waals surface area contributed by atoms with Crippen LogP contribution < -0.4 is 0 Å². The Bertz CT molecular complexity index is 1110. The lowest BCUT2D eigenvalue weighted by Crippen LogP contribution is -2.37. The molecule has 0 heterocycles. The number of carbonyl (C=O) groups excluding carboxylic acids is 2. The van der Waals surface area contributed by atoms with Crippen LogP contribution in [-0.2, 0) is 32.7 Å². The second-order valence-corrected chi connectivity index (χ2v) is 20.4. The van der Waals surface area contributed by atoms with E-state index in [4.69, 9.17) is 18.5 Å². The average molecular weight is 899 g/mol. The molecule has 0 aromatic carbocycles. The highest BCUT2D eigenvalue weighted by Gasteiger charge is 2.27. The second kappa shape index (κ2) is 44.7. The summed E-state index contributed by atoms with van der Waals surface area (Å²) in [7, 11) is 1.48. The fraction of sp³-hybridized carbons (Fsp3) is 0.885. The van der Waals surface area contributed by atoms with E-state index in [1.807, 2.05) is 21.1 Å². The minimum atomic E-state index is -4.38. The molecule has 0 radical (unpaired) electrons. The highest BCUT2D eigenvalue weighted by molar-refractivity contribution is 7.47. The summed E-state index contributed by atoms with van der Waals surface area (Å²) in [6.45, 7) is 4.44. The zero-order chi connectivity index (χ0) is 45.7. The minimum absolute atomic E-state index is 0.0331. The van der Waals surface area contributed by atoms with Gasteiger partial charge < -0.3 is 18.9 Å². The Hall–Kier alpha value is -1.51. The van der Waals surface area contributed by atoms with Crippen LogP contribution in [0.4, 0.5) is 0 Å². The van der Waals surface area contributed by atoms with Crippen molar-refractivity contribution in [3.8, 4) is 0 Å². The van der Waals surface area contributed by atoms with Gasteiger partial charge in [-0.1, -0.05) is 212 Å². The zero-order valence-electron chi connectivity index (χ0n) is 41.4. The van der Waals surface area contributed by atoms with Crippen molar-refractivity contribution in [3.05, 3.63) is 24.3 Å². The largest absolute Gasteiger partial charge is 0.472 e. The predicted octanol–water partition coefficient (Wildman–Crippen LogP) is 15.5. The van der Waals surface area contributed by atoms with Gasteiger partial charge in [0, 0.05) is 12.8 Å². The molecular formula is C52H101NO8P+. The maximum atomic E-state index is 12.8. The first-order chi connectivity index (χ1) is 30.0. The third kappa shape index (κ3) is 48.0. The van der Waals surface area contributed by atoms with Crippen molar-refractivity contribution in [1.29, 1.82) is 0 Å². The Morgan fingerprint density at radius 3 is 1.31 bits per heavy atom. The molecule has 0 rings (SSSR count). The van der Waals surface area contributed by atoms with Crippen molar-refractivity contribution in [1.82, 2.24) is 0 Å². The van der Waals surface area contributed by atoms with Crippen LogP contribution in [0.3, 0.4) is 0 Å². The van der Waals surface area contributed by atoms with Gasteiger partial charge in [-0.25, -0.2) is 4.57 Å². The molecule has 10 heteroatoms. The fourth-order valence-corrected chi connectivity index (χ4v) is 8.14. The maximum absolute atomic E-state index is 12.8. The van der Waals surface area contributed by atoms with Gasteiger partial charge in [0.1, 0.15) is 19.8 Å². The van der Waals surface area contributed by atoms with E-state index in [9.17, 15) is 19.0 Å². The fourth-order valence-electron chi connectivity index (χ4n) is 7.40. The molecule has 2 atom stereocenters. The van der Waals surface area contributed by atoms with E-state index >= 15 is 0 Å². The molecule has 2 unspecified atom stereocenters. The van der Waals surface area contributed by atoms with Gasteiger partial charge in [0.25, 0.3) is 0 Å². The smallest absolute Gasteiger partial charge is 0.462 e. The Morgan fingerprint density at radius 1 is 0.500 bits per heavy atom. The highest BCUT2D eigenvalue weighted by atomic mass is 31.2. The van der Waals surface area contributed by atoms with Crippen molar-refractivity contribution in [3.63, 3.8) is 0 Å². The summed E-state index contributed by atoms with van der Waals surface area (Å²) in [5.74, 6) is -0.790. The quantitative estimate of drug-likeness (QED) is 0.0211. The molecule has 1 N–H and O–H groups in total. The molecule has 0 saturated carbocycles. The number of likely N-dealkylation sites (N-methyl/N-ethyl adjacent to an activating group) is 1. The van der Waals surface area contributed by atoms with Gasteiger partial charge >= 0.3 is 19.8 Å². The summed E-state index contributed by atoms with van der Waals surface area (Å²) in [5.41, 5.74) is 0. The molecule has 62 heavy (non-hydrogen) atoms. The third-order valence-electron chi connectivity index (χ3n) is 11.5. The molecule has 0 bridgehead atoms. The number of hydrogen-bond donors (Lipinski definition) is 1. The SMILES string of the molecule is CCCCC/C=C\C/C=C\CCCCCCCCCCCC(=O)OC(COC(=O)CCCCCCCCCCCCCCCCCCCCC)COP(=O)(O)OCC[N+](C)(C)C. The Balaban J connectivity index is 4.22. The number of rotatable bonds is 48. The van der Waals surface area contributed by atoms with Gasteiger partial charge in [-0.3, -0.25) is 18.6 Å². The number of ether oxygens (including phenoxy) is 2. The van der Waals surface area contributed by atoms with Crippen LogP contribution in [0.15, 0.2) is 24.3 Å². The summed E-state index contributed by atoms with van der Waals surface area (Å²) in [4.78, 5) is 35.6. The summed E-state index contributed by atoms with van der Waals surface area (Å²) in [6.07, 6.45) is 50.8. The number of hydrogen-bond acceptors (Lipinski definition) is 7. The molecule has 0 aliphatic carbocycles. The molecule has 0 aliphatic rings. The van der Waals surface area contributed by atoms with Crippen molar-refractivity contribution in [2.24, 2.45) is 0 Å². The molecule has 0 aromatic rings. The number of nitrogens with zero attached hydrogens (tertiary/aromatic N) is 1. The van der Waals surface area contributed by atoms with Crippen LogP contribution in [0.25, 0.3) is 0 Å². The first-order valence-electron chi connectivity index (χ1n) is 26.1. The molecule has 0 aromatic heterocycles. The summed E-state index contributed by atoms with van der Waals surface area (Å²) >= 11 is 0. The van der Waals surface area contributed by atoms with Crippen LogP contribution in [0.5, 0.6) is 0 Å². The number of allylic oxidation sites excluding steroid dienone is 4. The third-order valence-corrected chi connectivity index (χ3v) is 12.5. The lowest BCUT2D eigenvalue weighted by molar-refractivity contribution is -0.870. The molecule has 0 amide bonds. The summed E-state index contributed by atoms with van der Waals surface area (Å²) in [5, 5.41) is 0. The lowest BCUT2D eigenvalue weighted by Gasteiger charge is -2.24. The zero-order valence-corrected chi connectivity index (χ0v) is 42.3. The van der Waals surface area contributed by atoms with Gasteiger partial charge in [-0.15, -0.1) is 0 Å². The van der Waals surface area contributed by atoms with E-state index in [0.29, 0.717) is 23.9 Å². The Labute approximate surface area is 383 Å². The monoisotopic (exact) mass is 899 g/mol. The van der Waals surface area contributed by atoms with Gasteiger partial charge in [0.05, 0.1) is 27.7 Å². The van der Waals surface area contributed by atoms with Crippen molar-refractivity contribution >= 4 is 19.8 Å². The van der Waals surface area contributed by atoms with Gasteiger partial charge in [-0.05, 0) is 44.9 Å². The molecule has 0 saturated heterocycles. The number of quaternary nitrogens is 1. The predicted molar refractivity (Wildman–Crippen MR) is 261 cm³/mol. The number of carbonyl (C=O) groups is 2. The van der Waals surface area contributed by atoms with Crippen LogP contribution in [0, 0.1) is 0 Å². The number of unbranched alkanes of at least 4 members (excludes halogenated alkanes) is 30. The van der Waals surface area contributed by atoms with E-state index in [-0.39, 0.29) is 25.6 Å². The van der Waals surface area contributed by atoms with Crippen LogP contribution in [0.2, 0.25) is 0 Å². The summed E-state index contributed by atoms with van der Waals surface area (Å²) in [6, 6.07) is 0. The van der Waals surface area contributed by atoms with E-state index in [0.717, 1.165) is 44.9 Å². The topological polar surface area (TPSA) is 108 Å². The molecule has 9 nitrogen and oxygen atoms in total. The molecule has 0 spiro atoms. The van der Waals surface area contributed by atoms with Crippen molar-refractivity contribution in [2.75, 3.05) is 47.5 Å². The second-order valence-electron chi connectivity index (χ2n) is 18.9. The normalized spacial score (nSPS) is 13.6. The minimum Gasteiger partial charge on any atom is -0.462 e. The standard InChI is InChI=1S/C52H100NO8P/c1-6-8-10-12-14-16-18-20-22-24-26-28-30-32-34-36-38-40-42-44-51(54)58-48-50(49-60-62(56,57)59-47-46-53(3,4)5)61-52(55)45-43-41-39-37-35-33-31-29-27-25-23-21-19-17-15-13-11-9-7-2/h15,17,21,23,50H,6-14,16,18-20,22,24-49H2,1-5H3/p+1/b17-15-,23-21-. The van der Waals surface area contributed by atoms with Crippen molar-refractivity contribution < 1.29 is 42.1 Å². The molecule has 366 valence electrons. The summed E-state index contributed by atoms with van der Waals surface area (Å²) < 4.78 is 34.5. The van der Waals surface area contributed by atoms with Gasteiger partial charge in [-0.2, -0.15) is 0 Å². The first kappa shape index (κ1) is 60.5. The van der Waals surface area contributed by atoms with E-state index in [1.54, 1.807) is 0 Å². The van der Waals surface area contributed by atoms with Crippen LogP contribution >= 0.6 is 7.82 Å². The molecule has 0 fully saturated rings. The molecule has 0 aliphatic heterocycles. The van der Waals surface area contributed by atoms with E-state index in [1.165, 1.54) is 167 Å². The van der Waals surface area contributed by atoms with Crippen molar-refractivity contribution in [2.45, 2.75) is 251 Å². The average Bonchev–Trinajstić information content (AvgIpc) is 3.23. The number of esters is 2. The maximum Gasteiger partial charge on any atom is 0.472 e. The first-order valence-corrected chi connectivity index (χ1v) is 27.6. The Morgan fingerprint density at radius 2 is 0.871 bits per heavy atom. The van der Waals surface area contributed by atoms with Gasteiger partial charge in [0.15, 0.2) is 6.10 Å². The lowest BCUT2D eigenvalue weighted by atomic mass is 10.0. The molecular weight excluding hydrogens is 798 g/mol. The number of phosphoric ester groups is 1.